The highest BCUT2D eigenvalue weighted by Crippen LogP contribution is 2.21. The number of nitrogens with one attached hydrogen (secondary N) is 1. The standard InChI is InChI=1S/C23H31N3O5S2/c1-3-25(4-2)32(28,29)21-12-8-19(9-13-21)18-24-23(27)20-10-14-22(15-11-20)33(30,31)26-16-6-5-7-17-26/h8-15H,3-7,16-18H2,1-2H3,(H,24,27). The van der Waals surface area contributed by atoms with Crippen molar-refractivity contribution in [2.75, 3.05) is 26.2 Å². The molecule has 1 amide bonds. The molecule has 0 aliphatic carbocycles. The summed E-state index contributed by atoms with van der Waals surface area (Å²) in [4.78, 5) is 12.9. The minimum absolute atomic E-state index is 0.186. The van der Waals surface area contributed by atoms with Gasteiger partial charge in [-0.3, -0.25) is 4.79 Å². The van der Waals surface area contributed by atoms with Crippen LogP contribution in [0.3, 0.4) is 0 Å². The molecular formula is C23H31N3O5S2. The predicted octanol–water partition coefficient (Wildman–Crippen LogP) is 2.82. The fourth-order valence-corrected chi connectivity index (χ4v) is 6.78. The van der Waals surface area contributed by atoms with Crippen LogP contribution in [0.25, 0.3) is 0 Å². The first-order valence-electron chi connectivity index (χ1n) is 11.2. The van der Waals surface area contributed by atoms with Gasteiger partial charge in [-0.25, -0.2) is 16.8 Å². The van der Waals surface area contributed by atoms with Crippen LogP contribution in [0.1, 0.15) is 49.0 Å². The van der Waals surface area contributed by atoms with Gasteiger partial charge in [0.25, 0.3) is 5.91 Å². The minimum Gasteiger partial charge on any atom is -0.348 e. The summed E-state index contributed by atoms with van der Waals surface area (Å²) >= 11 is 0. The van der Waals surface area contributed by atoms with E-state index in [-0.39, 0.29) is 22.2 Å². The highest BCUT2D eigenvalue weighted by atomic mass is 32.2. The minimum atomic E-state index is -3.54. The van der Waals surface area contributed by atoms with Crippen LogP contribution in [0, 0.1) is 0 Å². The van der Waals surface area contributed by atoms with Crippen LogP contribution in [-0.4, -0.2) is 57.5 Å². The molecule has 2 aromatic carbocycles. The van der Waals surface area contributed by atoms with E-state index in [1.54, 1.807) is 26.0 Å². The smallest absolute Gasteiger partial charge is 0.251 e. The predicted molar refractivity (Wildman–Crippen MR) is 127 cm³/mol. The molecule has 3 rings (SSSR count). The molecule has 0 saturated carbocycles. The largest absolute Gasteiger partial charge is 0.348 e. The van der Waals surface area contributed by atoms with E-state index in [0.717, 1.165) is 24.8 Å². The molecule has 2 aromatic rings. The Kier molecular flexibility index (Phi) is 8.28. The van der Waals surface area contributed by atoms with Crippen LogP contribution < -0.4 is 5.32 Å². The Bertz CT molecular complexity index is 1150. The van der Waals surface area contributed by atoms with Crippen molar-refractivity contribution in [3.05, 3.63) is 59.7 Å². The molecule has 0 bridgehead atoms. The van der Waals surface area contributed by atoms with Crippen molar-refractivity contribution in [3.63, 3.8) is 0 Å². The van der Waals surface area contributed by atoms with E-state index >= 15 is 0 Å². The number of amides is 1. The van der Waals surface area contributed by atoms with Crippen LogP contribution in [-0.2, 0) is 26.6 Å². The summed E-state index contributed by atoms with van der Waals surface area (Å²) in [7, 11) is -7.06. The van der Waals surface area contributed by atoms with Gasteiger partial charge in [0.1, 0.15) is 0 Å². The van der Waals surface area contributed by atoms with Crippen LogP contribution in [0.2, 0.25) is 0 Å². The van der Waals surface area contributed by atoms with E-state index in [9.17, 15) is 21.6 Å². The highest BCUT2D eigenvalue weighted by molar-refractivity contribution is 7.89. The van der Waals surface area contributed by atoms with Gasteiger partial charge in [-0.2, -0.15) is 8.61 Å². The number of rotatable bonds is 9. The second kappa shape index (κ2) is 10.8. The van der Waals surface area contributed by atoms with E-state index in [1.807, 2.05) is 0 Å². The first kappa shape index (κ1) is 25.4. The number of nitrogens with zero attached hydrogens (tertiary/aromatic N) is 2. The molecule has 8 nitrogen and oxygen atoms in total. The monoisotopic (exact) mass is 493 g/mol. The van der Waals surface area contributed by atoms with Crippen molar-refractivity contribution < 1.29 is 21.6 Å². The third kappa shape index (κ3) is 5.81. The number of benzene rings is 2. The maximum absolute atomic E-state index is 12.7. The molecule has 0 spiro atoms. The summed E-state index contributed by atoms with van der Waals surface area (Å²) in [6.07, 6.45) is 2.77. The zero-order valence-corrected chi connectivity index (χ0v) is 20.7. The van der Waals surface area contributed by atoms with E-state index < -0.39 is 20.0 Å². The van der Waals surface area contributed by atoms with Gasteiger partial charge in [-0.1, -0.05) is 32.4 Å². The molecule has 1 N–H and O–H groups in total. The molecule has 33 heavy (non-hydrogen) atoms. The second-order valence-electron chi connectivity index (χ2n) is 7.91. The molecule has 0 aromatic heterocycles. The third-order valence-corrected chi connectivity index (χ3v) is 9.77. The van der Waals surface area contributed by atoms with Gasteiger partial charge in [-0.15, -0.1) is 0 Å². The molecule has 1 aliphatic rings. The van der Waals surface area contributed by atoms with Crippen molar-refractivity contribution in [2.45, 2.75) is 49.4 Å². The van der Waals surface area contributed by atoms with Crippen molar-refractivity contribution >= 4 is 26.0 Å². The number of hydrogen-bond donors (Lipinski definition) is 1. The van der Waals surface area contributed by atoms with E-state index in [0.29, 0.717) is 31.7 Å². The van der Waals surface area contributed by atoms with Gasteiger partial charge >= 0.3 is 0 Å². The Labute approximate surface area is 196 Å². The Morgan fingerprint density at radius 1 is 0.848 bits per heavy atom. The van der Waals surface area contributed by atoms with Crippen LogP contribution in [0.4, 0.5) is 0 Å². The molecular weight excluding hydrogens is 462 g/mol. The van der Waals surface area contributed by atoms with Gasteiger partial charge in [0.2, 0.25) is 20.0 Å². The van der Waals surface area contributed by atoms with Crippen molar-refractivity contribution in [2.24, 2.45) is 0 Å². The van der Waals surface area contributed by atoms with Gasteiger partial charge < -0.3 is 5.32 Å². The average molecular weight is 494 g/mol. The molecule has 1 heterocycles. The lowest BCUT2D eigenvalue weighted by molar-refractivity contribution is 0.0950. The summed E-state index contributed by atoms with van der Waals surface area (Å²) in [5.41, 5.74) is 1.11. The van der Waals surface area contributed by atoms with E-state index in [1.165, 1.54) is 45.0 Å². The topological polar surface area (TPSA) is 104 Å². The van der Waals surface area contributed by atoms with Crippen LogP contribution in [0.5, 0.6) is 0 Å². The number of sulfonamides is 2. The Hall–Kier alpha value is -2.27. The maximum atomic E-state index is 12.7. The van der Waals surface area contributed by atoms with Gasteiger partial charge in [-0.05, 0) is 54.8 Å². The lowest BCUT2D eigenvalue weighted by Crippen LogP contribution is -2.35. The van der Waals surface area contributed by atoms with Gasteiger partial charge in [0.15, 0.2) is 0 Å². The highest BCUT2D eigenvalue weighted by Gasteiger charge is 2.26. The van der Waals surface area contributed by atoms with Gasteiger partial charge in [0, 0.05) is 38.3 Å². The summed E-state index contributed by atoms with van der Waals surface area (Å²) < 4.78 is 53.5. The van der Waals surface area contributed by atoms with Crippen molar-refractivity contribution in [1.82, 2.24) is 13.9 Å². The summed E-state index contributed by atoms with van der Waals surface area (Å²) in [6.45, 7) is 5.65. The van der Waals surface area contributed by atoms with Crippen LogP contribution >= 0.6 is 0 Å². The Morgan fingerprint density at radius 2 is 1.39 bits per heavy atom. The zero-order valence-electron chi connectivity index (χ0n) is 19.0. The second-order valence-corrected chi connectivity index (χ2v) is 11.8. The SMILES string of the molecule is CCN(CC)S(=O)(=O)c1ccc(CNC(=O)c2ccc(S(=O)(=O)N3CCCCC3)cc2)cc1. The number of piperidine rings is 1. The normalized spacial score (nSPS) is 15.5. The van der Waals surface area contributed by atoms with Crippen LogP contribution in [0.15, 0.2) is 58.3 Å². The quantitative estimate of drug-likeness (QED) is 0.579. The summed E-state index contributed by atoms with van der Waals surface area (Å²) in [6, 6.07) is 12.4. The fourth-order valence-electron chi connectivity index (χ4n) is 3.81. The molecule has 10 heteroatoms. The first-order valence-corrected chi connectivity index (χ1v) is 14.1. The molecule has 1 fully saturated rings. The fraction of sp³-hybridized carbons (Fsp3) is 0.435. The Morgan fingerprint density at radius 3 is 1.94 bits per heavy atom. The van der Waals surface area contributed by atoms with E-state index in [2.05, 4.69) is 5.32 Å². The lowest BCUT2D eigenvalue weighted by Gasteiger charge is -2.25. The molecule has 1 saturated heterocycles. The molecule has 0 atom stereocenters. The molecule has 1 aliphatic heterocycles. The van der Waals surface area contributed by atoms with Crippen molar-refractivity contribution in [3.8, 4) is 0 Å². The average Bonchev–Trinajstić information content (AvgIpc) is 2.84. The lowest BCUT2D eigenvalue weighted by atomic mass is 10.2. The molecule has 0 unspecified atom stereocenters. The summed E-state index contributed by atoms with van der Waals surface area (Å²) in [5.74, 6) is -0.336. The number of carbonyl (C=O) groups excluding carboxylic acids is 1. The van der Waals surface area contributed by atoms with Crippen molar-refractivity contribution in [1.29, 1.82) is 0 Å². The molecule has 0 radical (unpaired) electrons. The molecule has 180 valence electrons. The first-order chi connectivity index (χ1) is 15.7. The maximum Gasteiger partial charge on any atom is 0.251 e. The zero-order chi connectivity index (χ0) is 24.1. The number of carbonyl (C=O) groups is 1. The number of hydrogen-bond acceptors (Lipinski definition) is 5. The third-order valence-electron chi connectivity index (χ3n) is 5.79. The van der Waals surface area contributed by atoms with Gasteiger partial charge in [0.05, 0.1) is 9.79 Å². The Balaban J connectivity index is 1.62. The summed E-state index contributed by atoms with van der Waals surface area (Å²) in [5, 5.41) is 2.78. The van der Waals surface area contributed by atoms with E-state index in [4.69, 9.17) is 0 Å².